The summed E-state index contributed by atoms with van der Waals surface area (Å²) in [6.07, 6.45) is 1.76. The maximum absolute atomic E-state index is 12.7. The van der Waals surface area contributed by atoms with Gasteiger partial charge in [0.05, 0.1) is 0 Å². The Morgan fingerprint density at radius 2 is 1.83 bits per heavy atom. The minimum absolute atomic E-state index is 0.141. The van der Waals surface area contributed by atoms with Crippen molar-refractivity contribution in [2.75, 3.05) is 0 Å². The molecule has 1 heterocycles. The zero-order valence-electron chi connectivity index (χ0n) is 14.5. The molecule has 2 N–H and O–H groups in total. The number of ether oxygens (including phenoxy) is 1. The Morgan fingerprint density at radius 3 is 2.33 bits per heavy atom. The minimum atomic E-state index is -4.26. The van der Waals surface area contributed by atoms with Gasteiger partial charge < -0.3 is 10.2 Å². The summed E-state index contributed by atoms with van der Waals surface area (Å²) in [5.41, 5.74) is 5.17. The van der Waals surface area contributed by atoms with Gasteiger partial charge in [-0.2, -0.15) is 13.2 Å². The number of rotatable bonds is 4. The summed E-state index contributed by atoms with van der Waals surface area (Å²) < 4.78 is 43.3. The van der Waals surface area contributed by atoms with Gasteiger partial charge in [-0.05, 0) is 70.8 Å². The van der Waals surface area contributed by atoms with Crippen LogP contribution in [0.25, 0.3) is 0 Å². The fourth-order valence-electron chi connectivity index (χ4n) is 3.32. The Morgan fingerprint density at radius 1 is 1.21 bits per heavy atom. The molecule has 1 unspecified atom stereocenters. The van der Waals surface area contributed by atoms with E-state index in [0.717, 1.165) is 32.1 Å². The molecule has 0 aromatic rings. The standard InChI is InChI=1S/C17H27F3N2O2/c1-16(2,3)24-15(23)9-6-11-4-7-12(8-5-11)13-10-14(22-21-13)17(18,19)20/h10-12,14,21-22H,4-9H2,1-3H3. The van der Waals surface area contributed by atoms with Crippen LogP contribution in [0.1, 0.15) is 59.3 Å². The van der Waals surface area contributed by atoms with Crippen molar-refractivity contribution in [3.05, 3.63) is 11.8 Å². The number of esters is 1. The van der Waals surface area contributed by atoms with Crippen LogP contribution >= 0.6 is 0 Å². The molecule has 0 aromatic heterocycles. The minimum Gasteiger partial charge on any atom is -0.460 e. The Hall–Kier alpha value is -1.24. The van der Waals surface area contributed by atoms with Gasteiger partial charge in [0.25, 0.3) is 0 Å². The molecule has 1 aliphatic heterocycles. The summed E-state index contributed by atoms with van der Waals surface area (Å²) in [5.74, 6) is 0.409. The maximum atomic E-state index is 12.7. The molecule has 0 saturated heterocycles. The fraction of sp³-hybridized carbons (Fsp3) is 0.824. The summed E-state index contributed by atoms with van der Waals surface area (Å²) in [5, 5.41) is 0. The zero-order chi connectivity index (χ0) is 18.0. The van der Waals surface area contributed by atoms with Gasteiger partial charge >= 0.3 is 12.1 Å². The second kappa shape index (κ2) is 7.33. The van der Waals surface area contributed by atoms with Crippen LogP contribution in [-0.2, 0) is 9.53 Å². The van der Waals surface area contributed by atoms with Gasteiger partial charge in [0, 0.05) is 12.1 Å². The molecule has 0 radical (unpaired) electrons. The number of carbonyl (C=O) groups is 1. The smallest absolute Gasteiger partial charge is 0.409 e. The average Bonchev–Trinajstić information content (AvgIpc) is 2.93. The first-order chi connectivity index (χ1) is 11.0. The molecular formula is C17H27F3N2O2. The van der Waals surface area contributed by atoms with Gasteiger partial charge in [-0.1, -0.05) is 0 Å². The van der Waals surface area contributed by atoms with E-state index in [9.17, 15) is 18.0 Å². The molecule has 0 bridgehead atoms. The lowest BCUT2D eigenvalue weighted by Gasteiger charge is -2.29. The highest BCUT2D eigenvalue weighted by molar-refractivity contribution is 5.69. The van der Waals surface area contributed by atoms with E-state index in [1.54, 1.807) is 0 Å². The van der Waals surface area contributed by atoms with Crippen molar-refractivity contribution in [2.24, 2.45) is 11.8 Å². The van der Waals surface area contributed by atoms with Gasteiger partial charge in [0.15, 0.2) is 0 Å². The van der Waals surface area contributed by atoms with Crippen LogP contribution < -0.4 is 10.9 Å². The highest BCUT2D eigenvalue weighted by atomic mass is 19.4. The van der Waals surface area contributed by atoms with Crippen molar-refractivity contribution in [1.29, 1.82) is 0 Å². The first kappa shape index (κ1) is 19.1. The van der Waals surface area contributed by atoms with Crippen molar-refractivity contribution in [1.82, 2.24) is 10.9 Å². The lowest BCUT2D eigenvalue weighted by molar-refractivity contribution is -0.155. The molecule has 0 spiro atoms. The number of carbonyl (C=O) groups excluding carboxylic acids is 1. The number of hydrazine groups is 1. The van der Waals surface area contributed by atoms with Crippen LogP contribution in [0.15, 0.2) is 11.8 Å². The third kappa shape index (κ3) is 5.69. The summed E-state index contributed by atoms with van der Waals surface area (Å²) in [6, 6.07) is -1.60. The molecule has 4 nitrogen and oxygen atoms in total. The van der Waals surface area contributed by atoms with E-state index in [1.165, 1.54) is 6.08 Å². The molecule has 24 heavy (non-hydrogen) atoms. The first-order valence-corrected chi connectivity index (χ1v) is 8.56. The van der Waals surface area contributed by atoms with Gasteiger partial charge in [-0.3, -0.25) is 4.79 Å². The third-order valence-electron chi connectivity index (χ3n) is 4.53. The summed E-state index contributed by atoms with van der Waals surface area (Å²) >= 11 is 0. The maximum Gasteiger partial charge on any atom is 0.409 e. The summed E-state index contributed by atoms with van der Waals surface area (Å²) in [4.78, 5) is 11.7. The quantitative estimate of drug-likeness (QED) is 0.758. The molecule has 0 amide bonds. The number of halogens is 3. The number of hydrogen-bond acceptors (Lipinski definition) is 4. The topological polar surface area (TPSA) is 50.4 Å². The van der Waals surface area contributed by atoms with E-state index in [4.69, 9.17) is 4.74 Å². The van der Waals surface area contributed by atoms with Gasteiger partial charge in [0.2, 0.25) is 0 Å². The van der Waals surface area contributed by atoms with Crippen molar-refractivity contribution >= 4 is 5.97 Å². The highest BCUT2D eigenvalue weighted by Crippen LogP contribution is 2.36. The van der Waals surface area contributed by atoms with Crippen LogP contribution in [0.4, 0.5) is 13.2 Å². The Kier molecular flexibility index (Phi) is 5.83. The average molecular weight is 348 g/mol. The molecule has 1 atom stereocenters. The SMILES string of the molecule is CC(C)(C)OC(=O)CCC1CCC(C2=CC(C(F)(F)F)NN2)CC1. The van der Waals surface area contributed by atoms with Crippen LogP contribution in [0.5, 0.6) is 0 Å². The Labute approximate surface area is 141 Å². The normalized spacial score (nSPS) is 28.2. The van der Waals surface area contributed by atoms with Crippen molar-refractivity contribution in [3.8, 4) is 0 Å². The number of alkyl halides is 3. The highest BCUT2D eigenvalue weighted by Gasteiger charge is 2.42. The van der Waals surface area contributed by atoms with Gasteiger partial charge in [-0.25, -0.2) is 5.43 Å². The molecule has 7 heteroatoms. The monoisotopic (exact) mass is 348 g/mol. The van der Waals surface area contributed by atoms with Crippen LogP contribution in [0.3, 0.4) is 0 Å². The van der Waals surface area contributed by atoms with E-state index in [0.29, 0.717) is 18.0 Å². The van der Waals surface area contributed by atoms with Gasteiger partial charge in [0.1, 0.15) is 11.6 Å². The largest absolute Gasteiger partial charge is 0.460 e. The Bertz CT molecular complexity index is 475. The molecule has 138 valence electrons. The fourth-order valence-corrected chi connectivity index (χ4v) is 3.32. The van der Waals surface area contributed by atoms with Crippen molar-refractivity contribution in [2.45, 2.75) is 77.1 Å². The summed E-state index contributed by atoms with van der Waals surface area (Å²) in [6.45, 7) is 5.54. The molecule has 1 aliphatic carbocycles. The third-order valence-corrected chi connectivity index (χ3v) is 4.53. The molecular weight excluding hydrogens is 321 g/mol. The van der Waals surface area contributed by atoms with E-state index < -0.39 is 17.8 Å². The number of hydrogen-bond donors (Lipinski definition) is 2. The van der Waals surface area contributed by atoms with E-state index >= 15 is 0 Å². The lowest BCUT2D eigenvalue weighted by Crippen LogP contribution is -2.42. The lowest BCUT2D eigenvalue weighted by atomic mass is 9.78. The number of allylic oxidation sites excluding steroid dienone is 1. The Balaban J connectivity index is 1.73. The van der Waals surface area contributed by atoms with Crippen LogP contribution in [0.2, 0.25) is 0 Å². The predicted octanol–water partition coefficient (Wildman–Crippen LogP) is 3.84. The molecule has 0 aromatic carbocycles. The van der Waals surface area contributed by atoms with Crippen molar-refractivity contribution < 1.29 is 22.7 Å². The second-order valence-electron chi connectivity index (χ2n) is 7.75. The van der Waals surface area contributed by atoms with E-state index in [2.05, 4.69) is 10.9 Å². The van der Waals surface area contributed by atoms with Gasteiger partial charge in [-0.15, -0.1) is 0 Å². The molecule has 2 aliphatic rings. The van der Waals surface area contributed by atoms with Crippen LogP contribution in [0, 0.1) is 11.8 Å². The second-order valence-corrected chi connectivity index (χ2v) is 7.75. The summed E-state index contributed by atoms with van der Waals surface area (Å²) in [7, 11) is 0. The number of nitrogens with one attached hydrogen (secondary N) is 2. The zero-order valence-corrected chi connectivity index (χ0v) is 14.5. The van der Waals surface area contributed by atoms with Crippen LogP contribution in [-0.4, -0.2) is 23.8 Å². The van der Waals surface area contributed by atoms with Crippen molar-refractivity contribution in [3.63, 3.8) is 0 Å². The molecule has 2 rings (SSSR count). The first-order valence-electron chi connectivity index (χ1n) is 8.56. The predicted molar refractivity (Wildman–Crippen MR) is 84.7 cm³/mol. The van der Waals surface area contributed by atoms with E-state index in [1.807, 2.05) is 20.8 Å². The molecule has 1 saturated carbocycles. The van der Waals surface area contributed by atoms with E-state index in [-0.39, 0.29) is 11.9 Å². The molecule has 1 fully saturated rings.